The molecule has 1 fully saturated rings. The molecule has 144 valence electrons. The average molecular weight is 347 g/mol. The fourth-order valence-electron chi connectivity index (χ4n) is 2.85. The molecule has 0 aromatic heterocycles. The van der Waals surface area contributed by atoms with Gasteiger partial charge in [0.2, 0.25) is 0 Å². The first-order chi connectivity index (χ1) is 11.7. The van der Waals surface area contributed by atoms with Crippen LogP contribution in [0.25, 0.3) is 0 Å². The summed E-state index contributed by atoms with van der Waals surface area (Å²) in [5.74, 6) is 0. The highest BCUT2D eigenvalue weighted by atomic mass is 16.7. The first-order valence-corrected chi connectivity index (χ1v) is 9.72. The van der Waals surface area contributed by atoms with E-state index in [2.05, 4.69) is 20.8 Å². The van der Waals surface area contributed by atoms with E-state index >= 15 is 0 Å². The van der Waals surface area contributed by atoms with E-state index in [0.29, 0.717) is 13.2 Å². The standard InChI is InChI=1S/C19H38O5/c1-6-9-12-21-16-15(4)24-19(20-5)18(23-14-11-8-3)17(16)22-13-10-7-2/h15-19H,6-14H2,1-5H3/t15-,16+,17+,18-,19+/m0/s1. The molecule has 1 aliphatic heterocycles. The molecular formula is C19H38O5. The Kier molecular flexibility index (Phi) is 11.9. The fourth-order valence-corrected chi connectivity index (χ4v) is 2.85. The van der Waals surface area contributed by atoms with Crippen molar-refractivity contribution in [3.63, 3.8) is 0 Å². The Balaban J connectivity index is 2.79. The third-order valence-corrected chi connectivity index (χ3v) is 4.38. The van der Waals surface area contributed by atoms with E-state index < -0.39 is 6.29 Å². The second-order valence-electron chi connectivity index (χ2n) is 6.51. The summed E-state index contributed by atoms with van der Waals surface area (Å²) in [4.78, 5) is 0. The zero-order chi connectivity index (χ0) is 17.8. The molecule has 1 aliphatic rings. The van der Waals surface area contributed by atoms with Gasteiger partial charge in [-0.2, -0.15) is 0 Å². The highest BCUT2D eigenvalue weighted by Crippen LogP contribution is 2.29. The van der Waals surface area contributed by atoms with Gasteiger partial charge >= 0.3 is 0 Å². The van der Waals surface area contributed by atoms with Crippen molar-refractivity contribution in [2.75, 3.05) is 26.9 Å². The topological polar surface area (TPSA) is 46.2 Å². The van der Waals surface area contributed by atoms with Gasteiger partial charge in [0.25, 0.3) is 0 Å². The molecule has 0 aromatic rings. The average Bonchev–Trinajstić information content (AvgIpc) is 2.58. The third-order valence-electron chi connectivity index (χ3n) is 4.38. The first-order valence-electron chi connectivity index (χ1n) is 9.72. The Hall–Kier alpha value is -0.200. The van der Waals surface area contributed by atoms with E-state index in [4.69, 9.17) is 23.7 Å². The largest absolute Gasteiger partial charge is 0.373 e. The van der Waals surface area contributed by atoms with E-state index in [9.17, 15) is 0 Å². The predicted molar refractivity (Wildman–Crippen MR) is 95.3 cm³/mol. The number of methoxy groups -OCH3 is 1. The molecule has 0 saturated carbocycles. The number of hydrogen-bond donors (Lipinski definition) is 0. The van der Waals surface area contributed by atoms with Crippen LogP contribution in [0.4, 0.5) is 0 Å². The van der Waals surface area contributed by atoms with Gasteiger partial charge < -0.3 is 23.7 Å². The lowest BCUT2D eigenvalue weighted by molar-refractivity contribution is -0.309. The molecule has 5 nitrogen and oxygen atoms in total. The summed E-state index contributed by atoms with van der Waals surface area (Å²) >= 11 is 0. The maximum Gasteiger partial charge on any atom is 0.186 e. The van der Waals surface area contributed by atoms with E-state index in [-0.39, 0.29) is 24.4 Å². The number of ether oxygens (including phenoxy) is 5. The molecule has 0 aliphatic carbocycles. The Morgan fingerprint density at radius 2 is 1.17 bits per heavy atom. The monoisotopic (exact) mass is 346 g/mol. The molecule has 1 heterocycles. The summed E-state index contributed by atoms with van der Waals surface area (Å²) in [6.07, 6.45) is 5.40. The van der Waals surface area contributed by atoms with Crippen molar-refractivity contribution in [1.29, 1.82) is 0 Å². The minimum Gasteiger partial charge on any atom is -0.373 e. The van der Waals surface area contributed by atoms with Gasteiger partial charge in [-0.25, -0.2) is 0 Å². The summed E-state index contributed by atoms with van der Waals surface area (Å²) in [5.41, 5.74) is 0. The lowest BCUT2D eigenvalue weighted by Gasteiger charge is -2.44. The maximum atomic E-state index is 6.20. The smallest absolute Gasteiger partial charge is 0.186 e. The SMILES string of the molecule is CCCCO[C@H]1[C@H](OCCCC)[C@H](OC)O[C@@H](C)[C@H]1OCCCC. The van der Waals surface area contributed by atoms with Crippen molar-refractivity contribution in [3.05, 3.63) is 0 Å². The molecule has 0 bridgehead atoms. The van der Waals surface area contributed by atoms with Crippen molar-refractivity contribution < 1.29 is 23.7 Å². The van der Waals surface area contributed by atoms with Crippen LogP contribution < -0.4 is 0 Å². The van der Waals surface area contributed by atoms with Gasteiger partial charge in [0.05, 0.1) is 6.10 Å². The quantitative estimate of drug-likeness (QED) is 0.473. The molecule has 1 saturated heterocycles. The van der Waals surface area contributed by atoms with Crippen molar-refractivity contribution in [3.8, 4) is 0 Å². The number of rotatable bonds is 13. The molecule has 0 radical (unpaired) electrons. The number of hydrogen-bond acceptors (Lipinski definition) is 5. The lowest BCUT2D eigenvalue weighted by atomic mass is 9.98. The van der Waals surface area contributed by atoms with Gasteiger partial charge in [0, 0.05) is 26.9 Å². The summed E-state index contributed by atoms with van der Waals surface area (Å²) in [5, 5.41) is 0. The lowest BCUT2D eigenvalue weighted by Crippen LogP contribution is -2.60. The van der Waals surface area contributed by atoms with Crippen LogP contribution in [0.15, 0.2) is 0 Å². The number of unbranched alkanes of at least 4 members (excludes halogenated alkanes) is 3. The van der Waals surface area contributed by atoms with Crippen LogP contribution in [0.2, 0.25) is 0 Å². The van der Waals surface area contributed by atoms with Gasteiger partial charge in [0.1, 0.15) is 18.3 Å². The van der Waals surface area contributed by atoms with Crippen molar-refractivity contribution in [2.24, 2.45) is 0 Å². The molecule has 5 heteroatoms. The van der Waals surface area contributed by atoms with Gasteiger partial charge in [-0.1, -0.05) is 40.0 Å². The van der Waals surface area contributed by atoms with Crippen LogP contribution in [0, 0.1) is 0 Å². The highest BCUT2D eigenvalue weighted by Gasteiger charge is 2.46. The highest BCUT2D eigenvalue weighted by molar-refractivity contribution is 4.91. The molecule has 0 amide bonds. The normalized spacial score (nSPS) is 30.6. The van der Waals surface area contributed by atoms with Crippen LogP contribution in [-0.4, -0.2) is 57.6 Å². The fraction of sp³-hybridized carbons (Fsp3) is 1.00. The summed E-state index contributed by atoms with van der Waals surface area (Å²) in [6.45, 7) is 10.6. The van der Waals surface area contributed by atoms with Crippen molar-refractivity contribution in [2.45, 2.75) is 96.9 Å². The first kappa shape index (κ1) is 21.8. The van der Waals surface area contributed by atoms with Gasteiger partial charge in [-0.15, -0.1) is 0 Å². The summed E-state index contributed by atoms with van der Waals surface area (Å²) in [7, 11) is 1.66. The van der Waals surface area contributed by atoms with Crippen LogP contribution in [-0.2, 0) is 23.7 Å². The van der Waals surface area contributed by atoms with Crippen molar-refractivity contribution >= 4 is 0 Å². The van der Waals surface area contributed by atoms with Gasteiger partial charge in [0.15, 0.2) is 6.29 Å². The summed E-state index contributed by atoms with van der Waals surface area (Å²) in [6, 6.07) is 0. The zero-order valence-corrected chi connectivity index (χ0v) is 16.3. The Bertz CT molecular complexity index is 299. The minimum absolute atomic E-state index is 0.0792. The maximum absolute atomic E-state index is 6.20. The van der Waals surface area contributed by atoms with Gasteiger partial charge in [-0.3, -0.25) is 0 Å². The van der Waals surface area contributed by atoms with E-state index in [1.165, 1.54) is 0 Å². The molecule has 0 N–H and O–H groups in total. The molecule has 0 unspecified atom stereocenters. The van der Waals surface area contributed by atoms with Crippen molar-refractivity contribution in [1.82, 2.24) is 0 Å². The molecule has 0 aromatic carbocycles. The predicted octanol–water partition coefficient (Wildman–Crippen LogP) is 3.93. The minimum atomic E-state index is -0.408. The molecule has 1 rings (SSSR count). The van der Waals surface area contributed by atoms with E-state index in [1.807, 2.05) is 6.92 Å². The van der Waals surface area contributed by atoms with E-state index in [0.717, 1.165) is 45.1 Å². The molecule has 24 heavy (non-hydrogen) atoms. The zero-order valence-electron chi connectivity index (χ0n) is 16.3. The van der Waals surface area contributed by atoms with Gasteiger partial charge in [-0.05, 0) is 26.2 Å². The third kappa shape index (κ3) is 6.96. The van der Waals surface area contributed by atoms with Crippen LogP contribution in [0.3, 0.4) is 0 Å². The van der Waals surface area contributed by atoms with Crippen LogP contribution in [0.5, 0.6) is 0 Å². The second kappa shape index (κ2) is 13.1. The van der Waals surface area contributed by atoms with Crippen LogP contribution in [0.1, 0.15) is 66.2 Å². The Morgan fingerprint density at radius 1 is 0.708 bits per heavy atom. The molecular weight excluding hydrogens is 308 g/mol. The second-order valence-corrected chi connectivity index (χ2v) is 6.51. The Labute approximate surface area is 148 Å². The van der Waals surface area contributed by atoms with Crippen LogP contribution >= 0.6 is 0 Å². The Morgan fingerprint density at radius 3 is 1.62 bits per heavy atom. The molecule has 0 spiro atoms. The molecule has 5 atom stereocenters. The summed E-state index contributed by atoms with van der Waals surface area (Å²) < 4.78 is 30.0. The van der Waals surface area contributed by atoms with E-state index in [1.54, 1.807) is 7.11 Å².